The number of hydrogen-bond donors (Lipinski definition) is 0. The van der Waals surface area contributed by atoms with E-state index in [4.69, 9.17) is 27.9 Å². The zero-order valence-electron chi connectivity index (χ0n) is 10.0. The van der Waals surface area contributed by atoms with Gasteiger partial charge < -0.3 is 9.64 Å². The quantitative estimate of drug-likeness (QED) is 0.846. The molecular weight excluding hydrogens is 261 g/mol. The monoisotopic (exact) mass is 275 g/mol. The van der Waals surface area contributed by atoms with E-state index in [-0.39, 0.29) is 5.91 Å². The second-order valence-electron chi connectivity index (χ2n) is 3.82. The lowest BCUT2D eigenvalue weighted by molar-refractivity contribution is -0.140. The average Bonchev–Trinajstić information content (AvgIpc) is 2.31. The molecule has 0 aliphatic carbocycles. The van der Waals surface area contributed by atoms with E-state index in [1.807, 2.05) is 6.07 Å². The van der Waals surface area contributed by atoms with Gasteiger partial charge in [0.1, 0.15) is 6.10 Å². The molecule has 0 saturated carbocycles. The highest BCUT2D eigenvalue weighted by Crippen LogP contribution is 2.23. The molecule has 0 saturated heterocycles. The molecule has 0 fully saturated rings. The number of rotatable bonds is 4. The summed E-state index contributed by atoms with van der Waals surface area (Å²) in [6.07, 6.45) is -0.442. The van der Waals surface area contributed by atoms with Crippen LogP contribution in [0.3, 0.4) is 0 Å². The smallest absolute Gasteiger partial charge is 0.251 e. The molecule has 0 heterocycles. The van der Waals surface area contributed by atoms with Crippen molar-refractivity contribution in [2.45, 2.75) is 19.6 Å². The van der Waals surface area contributed by atoms with Crippen molar-refractivity contribution in [3.63, 3.8) is 0 Å². The second kappa shape index (κ2) is 6.24. The van der Waals surface area contributed by atoms with E-state index in [1.165, 1.54) is 7.11 Å². The number of nitrogens with zero attached hydrogens (tertiary/aromatic N) is 1. The summed E-state index contributed by atoms with van der Waals surface area (Å²) >= 11 is 11.7. The molecular formula is C12H15Cl2NO2. The van der Waals surface area contributed by atoms with Gasteiger partial charge in [-0.3, -0.25) is 4.79 Å². The summed E-state index contributed by atoms with van der Waals surface area (Å²) in [5, 5.41) is 1.000. The van der Waals surface area contributed by atoms with E-state index in [1.54, 1.807) is 31.0 Å². The predicted octanol–water partition coefficient (Wildman–Crippen LogP) is 2.99. The lowest BCUT2D eigenvalue weighted by atomic mass is 10.2. The third-order valence-electron chi connectivity index (χ3n) is 2.48. The van der Waals surface area contributed by atoms with Crippen molar-refractivity contribution in [3.8, 4) is 0 Å². The topological polar surface area (TPSA) is 29.5 Å². The molecule has 5 heteroatoms. The van der Waals surface area contributed by atoms with Gasteiger partial charge in [-0.15, -0.1) is 0 Å². The molecule has 1 aromatic carbocycles. The van der Waals surface area contributed by atoms with E-state index in [9.17, 15) is 4.79 Å². The van der Waals surface area contributed by atoms with Crippen molar-refractivity contribution in [2.24, 2.45) is 0 Å². The first-order chi connectivity index (χ1) is 7.95. The van der Waals surface area contributed by atoms with Crippen LogP contribution in [0.5, 0.6) is 0 Å². The minimum Gasteiger partial charge on any atom is -0.372 e. The van der Waals surface area contributed by atoms with Crippen molar-refractivity contribution in [1.29, 1.82) is 0 Å². The Hall–Kier alpha value is -0.770. The molecule has 1 aromatic rings. The Labute approximate surface area is 111 Å². The number of likely N-dealkylation sites (N-methyl/N-ethyl adjacent to an activating group) is 1. The number of ether oxygens (including phenoxy) is 1. The molecule has 0 radical (unpaired) electrons. The molecule has 1 unspecified atom stereocenters. The fourth-order valence-corrected chi connectivity index (χ4v) is 1.72. The van der Waals surface area contributed by atoms with E-state index in [2.05, 4.69) is 0 Å². The highest BCUT2D eigenvalue weighted by molar-refractivity contribution is 6.42. The summed E-state index contributed by atoms with van der Waals surface area (Å²) in [5.41, 5.74) is 0.929. The molecule has 0 aromatic heterocycles. The average molecular weight is 276 g/mol. The largest absolute Gasteiger partial charge is 0.372 e. The molecule has 3 nitrogen and oxygen atoms in total. The number of benzene rings is 1. The number of carbonyl (C=O) groups is 1. The van der Waals surface area contributed by atoms with Gasteiger partial charge in [0.15, 0.2) is 0 Å². The fourth-order valence-electron chi connectivity index (χ4n) is 1.40. The molecule has 0 bridgehead atoms. The van der Waals surface area contributed by atoms with Crippen LogP contribution < -0.4 is 0 Å². The normalized spacial score (nSPS) is 12.3. The Kier molecular flexibility index (Phi) is 5.25. The van der Waals surface area contributed by atoms with E-state index in [0.29, 0.717) is 16.6 Å². The summed E-state index contributed by atoms with van der Waals surface area (Å²) in [4.78, 5) is 13.4. The number of halogens is 2. The maximum Gasteiger partial charge on any atom is 0.251 e. The first kappa shape index (κ1) is 14.3. The number of amides is 1. The van der Waals surface area contributed by atoms with E-state index >= 15 is 0 Å². The molecule has 1 amide bonds. The predicted molar refractivity (Wildman–Crippen MR) is 69.4 cm³/mol. The Morgan fingerprint density at radius 2 is 2.06 bits per heavy atom. The van der Waals surface area contributed by atoms with Crippen molar-refractivity contribution in [2.75, 3.05) is 14.2 Å². The van der Waals surface area contributed by atoms with Crippen LogP contribution in [-0.2, 0) is 16.1 Å². The second-order valence-corrected chi connectivity index (χ2v) is 4.64. The number of hydrogen-bond acceptors (Lipinski definition) is 2. The van der Waals surface area contributed by atoms with Gasteiger partial charge in [-0.1, -0.05) is 29.3 Å². The van der Waals surface area contributed by atoms with Crippen LogP contribution in [-0.4, -0.2) is 31.1 Å². The van der Waals surface area contributed by atoms with Gasteiger partial charge in [-0.25, -0.2) is 0 Å². The number of methoxy groups -OCH3 is 1. The van der Waals surface area contributed by atoms with Crippen LogP contribution >= 0.6 is 23.2 Å². The zero-order valence-corrected chi connectivity index (χ0v) is 11.5. The summed E-state index contributed by atoms with van der Waals surface area (Å²) in [5.74, 6) is -0.0708. The van der Waals surface area contributed by atoms with Crippen molar-refractivity contribution in [3.05, 3.63) is 33.8 Å². The first-order valence-electron chi connectivity index (χ1n) is 5.17. The van der Waals surface area contributed by atoms with Crippen LogP contribution in [0, 0.1) is 0 Å². The van der Waals surface area contributed by atoms with Gasteiger partial charge >= 0.3 is 0 Å². The Bertz CT molecular complexity index is 409. The summed E-state index contributed by atoms with van der Waals surface area (Å²) in [6, 6.07) is 5.32. The third-order valence-corrected chi connectivity index (χ3v) is 3.22. The van der Waals surface area contributed by atoms with Gasteiger partial charge in [-0.05, 0) is 24.6 Å². The Balaban J connectivity index is 2.71. The van der Waals surface area contributed by atoms with Crippen LogP contribution in [0.4, 0.5) is 0 Å². The van der Waals surface area contributed by atoms with Crippen molar-refractivity contribution in [1.82, 2.24) is 4.90 Å². The van der Waals surface area contributed by atoms with Gasteiger partial charge in [0, 0.05) is 20.7 Å². The fraction of sp³-hybridized carbons (Fsp3) is 0.417. The van der Waals surface area contributed by atoms with Crippen LogP contribution in [0.1, 0.15) is 12.5 Å². The summed E-state index contributed by atoms with van der Waals surface area (Å²) < 4.78 is 4.98. The molecule has 17 heavy (non-hydrogen) atoms. The first-order valence-corrected chi connectivity index (χ1v) is 5.93. The summed E-state index contributed by atoms with van der Waals surface area (Å²) in [6.45, 7) is 2.19. The lowest BCUT2D eigenvalue weighted by Crippen LogP contribution is -2.35. The zero-order chi connectivity index (χ0) is 13.0. The minimum absolute atomic E-state index is 0.0708. The molecule has 0 aliphatic rings. The molecule has 94 valence electrons. The van der Waals surface area contributed by atoms with Gasteiger partial charge in [0.05, 0.1) is 10.0 Å². The molecule has 0 N–H and O–H groups in total. The van der Waals surface area contributed by atoms with E-state index < -0.39 is 6.10 Å². The van der Waals surface area contributed by atoms with Gasteiger partial charge in [0.2, 0.25) is 0 Å². The lowest BCUT2D eigenvalue weighted by Gasteiger charge is -2.20. The van der Waals surface area contributed by atoms with Gasteiger partial charge in [0.25, 0.3) is 5.91 Å². The Morgan fingerprint density at radius 1 is 1.41 bits per heavy atom. The minimum atomic E-state index is -0.442. The standard InChI is InChI=1S/C12H15Cl2NO2/c1-8(17-3)12(16)15(2)7-9-4-5-10(13)11(14)6-9/h4-6,8H,7H2,1-3H3. The van der Waals surface area contributed by atoms with Crippen molar-refractivity contribution >= 4 is 29.1 Å². The highest BCUT2D eigenvalue weighted by atomic mass is 35.5. The molecule has 0 spiro atoms. The number of carbonyl (C=O) groups excluding carboxylic acids is 1. The third kappa shape index (κ3) is 3.87. The van der Waals surface area contributed by atoms with Crippen LogP contribution in [0.25, 0.3) is 0 Å². The molecule has 1 rings (SSSR count). The van der Waals surface area contributed by atoms with Gasteiger partial charge in [-0.2, -0.15) is 0 Å². The Morgan fingerprint density at radius 3 is 2.59 bits per heavy atom. The van der Waals surface area contributed by atoms with Crippen LogP contribution in [0.2, 0.25) is 10.0 Å². The molecule has 0 aliphatic heterocycles. The van der Waals surface area contributed by atoms with E-state index in [0.717, 1.165) is 5.56 Å². The SMILES string of the molecule is COC(C)C(=O)N(C)Cc1ccc(Cl)c(Cl)c1. The van der Waals surface area contributed by atoms with Crippen molar-refractivity contribution < 1.29 is 9.53 Å². The summed E-state index contributed by atoms with van der Waals surface area (Å²) in [7, 11) is 3.23. The molecule has 1 atom stereocenters. The van der Waals surface area contributed by atoms with Crippen LogP contribution in [0.15, 0.2) is 18.2 Å². The highest BCUT2D eigenvalue weighted by Gasteiger charge is 2.16. The maximum absolute atomic E-state index is 11.8. The maximum atomic E-state index is 11.8.